The lowest BCUT2D eigenvalue weighted by molar-refractivity contribution is -0.149. The first-order valence-electron chi connectivity index (χ1n) is 8.62. The molecule has 0 radical (unpaired) electrons. The zero-order valence-electron chi connectivity index (χ0n) is 13.9. The molecule has 122 valence electrons. The second kappa shape index (κ2) is 13.1. The number of cyclic esters (lactones) is 1. The number of allylic oxidation sites excluding steroid dienone is 8. The number of rotatable bonds is 1. The summed E-state index contributed by atoms with van der Waals surface area (Å²) in [5.41, 5.74) is 0. The molecule has 0 amide bonds. The first-order chi connectivity index (χ1) is 10.8. The van der Waals surface area contributed by atoms with Gasteiger partial charge in [0.1, 0.15) is 6.10 Å². The van der Waals surface area contributed by atoms with E-state index < -0.39 is 0 Å². The molecule has 0 aromatic carbocycles. The average Bonchev–Trinajstić information content (AvgIpc) is 2.52. The van der Waals surface area contributed by atoms with E-state index in [4.69, 9.17) is 4.74 Å². The monoisotopic (exact) mass is 302 g/mol. The maximum absolute atomic E-state index is 11.8. The highest BCUT2D eigenvalue weighted by molar-refractivity contribution is 5.69. The Hall–Kier alpha value is -1.57. The Bertz CT molecular complexity index is 402. The molecule has 0 aromatic heterocycles. The zero-order valence-corrected chi connectivity index (χ0v) is 13.9. The van der Waals surface area contributed by atoms with Crippen LogP contribution in [0.5, 0.6) is 0 Å². The largest absolute Gasteiger partial charge is 0.462 e. The molecule has 0 N–H and O–H groups in total. The number of hydrogen-bond donors (Lipinski definition) is 0. The number of ether oxygens (including phenoxy) is 1. The summed E-state index contributed by atoms with van der Waals surface area (Å²) in [6, 6.07) is 0. The molecule has 0 aliphatic carbocycles. The third-order valence-corrected chi connectivity index (χ3v) is 3.64. The van der Waals surface area contributed by atoms with Gasteiger partial charge in [-0.3, -0.25) is 4.79 Å². The second-order valence-electron chi connectivity index (χ2n) is 5.58. The van der Waals surface area contributed by atoms with Crippen molar-refractivity contribution in [3.8, 4) is 0 Å². The van der Waals surface area contributed by atoms with Gasteiger partial charge >= 0.3 is 5.97 Å². The Morgan fingerprint density at radius 3 is 2.05 bits per heavy atom. The summed E-state index contributed by atoms with van der Waals surface area (Å²) in [4.78, 5) is 11.8. The van der Waals surface area contributed by atoms with E-state index >= 15 is 0 Å². The van der Waals surface area contributed by atoms with Crippen LogP contribution in [0.15, 0.2) is 48.6 Å². The van der Waals surface area contributed by atoms with E-state index in [-0.39, 0.29) is 12.1 Å². The third-order valence-electron chi connectivity index (χ3n) is 3.64. The standard InChI is InChI=1S/C20H30O2/c1-2-19-17-15-13-11-9-7-5-3-4-6-8-10-12-14-16-18-20(21)22-19/h4-7,10-13,19H,2-3,8-9,14-18H2,1H3. The Kier molecular flexibility index (Phi) is 11.0. The van der Waals surface area contributed by atoms with Gasteiger partial charge in [-0.05, 0) is 51.4 Å². The van der Waals surface area contributed by atoms with Gasteiger partial charge in [0.05, 0.1) is 0 Å². The summed E-state index contributed by atoms with van der Waals surface area (Å²) in [6.07, 6.45) is 25.6. The lowest BCUT2D eigenvalue weighted by atomic mass is 10.1. The highest BCUT2D eigenvalue weighted by Gasteiger charge is 2.11. The van der Waals surface area contributed by atoms with Gasteiger partial charge in [0.2, 0.25) is 0 Å². The van der Waals surface area contributed by atoms with Crippen molar-refractivity contribution in [1.29, 1.82) is 0 Å². The Labute approximate surface area is 135 Å². The van der Waals surface area contributed by atoms with E-state index in [0.29, 0.717) is 6.42 Å². The Morgan fingerprint density at radius 1 is 0.909 bits per heavy atom. The van der Waals surface area contributed by atoms with E-state index in [2.05, 4.69) is 55.5 Å². The summed E-state index contributed by atoms with van der Waals surface area (Å²) >= 11 is 0. The van der Waals surface area contributed by atoms with Crippen LogP contribution in [0.3, 0.4) is 0 Å². The minimum atomic E-state index is -0.0509. The summed E-state index contributed by atoms with van der Waals surface area (Å²) in [6.45, 7) is 2.08. The predicted molar refractivity (Wildman–Crippen MR) is 93.7 cm³/mol. The van der Waals surface area contributed by atoms with Crippen LogP contribution in [0.1, 0.15) is 64.7 Å². The summed E-state index contributed by atoms with van der Waals surface area (Å²) in [5.74, 6) is -0.0509. The minimum absolute atomic E-state index is 0.0509. The molecule has 0 bridgehead atoms. The normalized spacial score (nSPS) is 22.6. The third kappa shape index (κ3) is 10.2. The first kappa shape index (κ1) is 18.5. The van der Waals surface area contributed by atoms with Crippen LogP contribution < -0.4 is 0 Å². The molecule has 1 rings (SSSR count). The van der Waals surface area contributed by atoms with E-state index in [0.717, 1.165) is 51.4 Å². The first-order valence-corrected chi connectivity index (χ1v) is 8.62. The Morgan fingerprint density at radius 2 is 1.45 bits per heavy atom. The maximum atomic E-state index is 11.8. The zero-order chi connectivity index (χ0) is 15.9. The van der Waals surface area contributed by atoms with Gasteiger partial charge in [-0.2, -0.15) is 0 Å². The van der Waals surface area contributed by atoms with Crippen molar-refractivity contribution in [2.45, 2.75) is 70.8 Å². The summed E-state index contributed by atoms with van der Waals surface area (Å²) in [5, 5.41) is 0. The van der Waals surface area contributed by atoms with Crippen LogP contribution in [0.25, 0.3) is 0 Å². The minimum Gasteiger partial charge on any atom is -0.462 e. The molecule has 22 heavy (non-hydrogen) atoms. The van der Waals surface area contributed by atoms with Gasteiger partial charge in [-0.25, -0.2) is 0 Å². The Balaban J connectivity index is 2.48. The smallest absolute Gasteiger partial charge is 0.306 e. The molecule has 0 fully saturated rings. The molecule has 2 nitrogen and oxygen atoms in total. The van der Waals surface area contributed by atoms with Crippen LogP contribution in [0.4, 0.5) is 0 Å². The van der Waals surface area contributed by atoms with E-state index in [1.165, 1.54) is 0 Å². The molecule has 0 aromatic rings. The lowest BCUT2D eigenvalue weighted by Gasteiger charge is -2.15. The van der Waals surface area contributed by atoms with Crippen molar-refractivity contribution in [2.24, 2.45) is 0 Å². The molecule has 0 spiro atoms. The second-order valence-corrected chi connectivity index (χ2v) is 5.58. The summed E-state index contributed by atoms with van der Waals surface area (Å²) < 4.78 is 5.54. The summed E-state index contributed by atoms with van der Waals surface area (Å²) in [7, 11) is 0. The van der Waals surface area contributed by atoms with Gasteiger partial charge in [-0.1, -0.05) is 55.5 Å². The molecule has 1 atom stereocenters. The van der Waals surface area contributed by atoms with Gasteiger partial charge < -0.3 is 4.74 Å². The predicted octanol–water partition coefficient (Wildman–Crippen LogP) is 5.67. The van der Waals surface area contributed by atoms with Gasteiger partial charge in [0.25, 0.3) is 0 Å². The fraction of sp³-hybridized carbons (Fsp3) is 0.550. The fourth-order valence-corrected chi connectivity index (χ4v) is 2.29. The van der Waals surface area contributed by atoms with Gasteiger partial charge in [0, 0.05) is 6.42 Å². The van der Waals surface area contributed by atoms with Crippen molar-refractivity contribution < 1.29 is 9.53 Å². The van der Waals surface area contributed by atoms with Crippen molar-refractivity contribution >= 4 is 5.97 Å². The number of esters is 1. The maximum Gasteiger partial charge on any atom is 0.306 e. The quantitative estimate of drug-likeness (QED) is 0.461. The van der Waals surface area contributed by atoms with E-state index in [1.54, 1.807) is 0 Å². The fourth-order valence-electron chi connectivity index (χ4n) is 2.29. The number of carbonyl (C=O) groups is 1. The molecular weight excluding hydrogens is 272 g/mol. The van der Waals surface area contributed by atoms with Crippen LogP contribution in [0, 0.1) is 0 Å². The molecule has 1 heterocycles. The van der Waals surface area contributed by atoms with E-state index in [9.17, 15) is 4.79 Å². The van der Waals surface area contributed by atoms with E-state index in [1.807, 2.05) is 0 Å². The molecular formula is C20H30O2. The molecule has 1 unspecified atom stereocenters. The van der Waals surface area contributed by atoms with Gasteiger partial charge in [-0.15, -0.1) is 0 Å². The average molecular weight is 302 g/mol. The highest BCUT2D eigenvalue weighted by atomic mass is 16.5. The van der Waals surface area contributed by atoms with Crippen molar-refractivity contribution in [1.82, 2.24) is 0 Å². The number of carbonyl (C=O) groups excluding carboxylic acids is 1. The van der Waals surface area contributed by atoms with Crippen LogP contribution in [-0.2, 0) is 9.53 Å². The number of hydrogen-bond acceptors (Lipinski definition) is 2. The molecule has 1 aliphatic rings. The molecule has 2 heteroatoms. The van der Waals surface area contributed by atoms with Gasteiger partial charge in [0.15, 0.2) is 0 Å². The van der Waals surface area contributed by atoms with Crippen molar-refractivity contribution in [2.75, 3.05) is 0 Å². The topological polar surface area (TPSA) is 26.3 Å². The van der Waals surface area contributed by atoms with Crippen molar-refractivity contribution in [3.63, 3.8) is 0 Å². The van der Waals surface area contributed by atoms with Crippen LogP contribution in [0.2, 0.25) is 0 Å². The highest BCUT2D eigenvalue weighted by Crippen LogP contribution is 2.10. The SMILES string of the molecule is CCC1CCC=CCC=CCC=CCC=CCCCC(=O)O1. The van der Waals surface area contributed by atoms with Crippen molar-refractivity contribution in [3.05, 3.63) is 48.6 Å². The molecule has 1 aliphatic heterocycles. The molecule has 0 saturated heterocycles. The lowest BCUT2D eigenvalue weighted by Crippen LogP contribution is -2.17. The van der Waals surface area contributed by atoms with Crippen LogP contribution in [-0.4, -0.2) is 12.1 Å². The molecule has 0 saturated carbocycles. The van der Waals surface area contributed by atoms with Crippen LogP contribution >= 0.6 is 0 Å².